The number of rotatable bonds is 11. The summed E-state index contributed by atoms with van der Waals surface area (Å²) in [5.41, 5.74) is 2.11. The molecule has 0 amide bonds. The first-order valence-corrected chi connectivity index (χ1v) is 9.33. The van der Waals surface area contributed by atoms with Gasteiger partial charge in [-0.25, -0.2) is 0 Å². The molecule has 0 rings (SSSR count). The summed E-state index contributed by atoms with van der Waals surface area (Å²) in [7, 11) is 48.4. The predicted octanol–water partition coefficient (Wildman–Crippen LogP) is 2.12. The summed E-state index contributed by atoms with van der Waals surface area (Å²) in [6.07, 6.45) is 4.40. The van der Waals surface area contributed by atoms with E-state index >= 15 is 0 Å². The van der Waals surface area contributed by atoms with E-state index in [4.69, 9.17) is 75.4 Å². The summed E-state index contributed by atoms with van der Waals surface area (Å²) in [6, 6.07) is 0. The van der Waals surface area contributed by atoms with Gasteiger partial charge in [-0.2, -0.15) is 0 Å². The Morgan fingerprint density at radius 3 is 1.33 bits per heavy atom. The van der Waals surface area contributed by atoms with Crippen LogP contribution in [-0.4, -0.2) is 83.2 Å². The minimum Gasteiger partial charge on any atom is -0.389 e. The highest BCUT2D eigenvalue weighted by atomic mass is 16.5. The van der Waals surface area contributed by atoms with Crippen molar-refractivity contribution in [3.63, 3.8) is 0 Å². The van der Waals surface area contributed by atoms with Crippen LogP contribution in [0.4, 0.5) is 0 Å². The fourth-order valence-corrected chi connectivity index (χ4v) is 1.66. The van der Waals surface area contributed by atoms with Crippen LogP contribution >= 0.6 is 0 Å². The van der Waals surface area contributed by atoms with Crippen LogP contribution in [0.15, 0.2) is 11.1 Å². The first-order valence-electron chi connectivity index (χ1n) is 9.33. The Morgan fingerprint density at radius 2 is 1.19 bits per heavy atom. The summed E-state index contributed by atoms with van der Waals surface area (Å²) in [6.45, 7) is 6.16. The molecule has 0 heterocycles. The third-order valence-corrected chi connectivity index (χ3v) is 4.31. The van der Waals surface area contributed by atoms with Crippen molar-refractivity contribution in [1.29, 1.82) is 0 Å². The first-order chi connectivity index (χ1) is 12.7. The van der Waals surface area contributed by atoms with E-state index in [0.717, 1.165) is 11.1 Å². The van der Waals surface area contributed by atoms with Crippen molar-refractivity contribution in [2.45, 2.75) is 77.4 Å². The van der Waals surface area contributed by atoms with Crippen molar-refractivity contribution in [2.24, 2.45) is 11.3 Å². The molecule has 0 saturated carbocycles. The van der Waals surface area contributed by atoms with E-state index in [2.05, 4.69) is 0 Å². The van der Waals surface area contributed by atoms with E-state index in [1.807, 2.05) is 20.8 Å². The summed E-state index contributed by atoms with van der Waals surface area (Å²) in [5, 5.41) is 0. The fraction of sp³-hybridized carbons (Fsp3) is 0.882. The molecule has 0 saturated heterocycles. The summed E-state index contributed by atoms with van der Waals surface area (Å²) in [5.74, 6) is 0.289. The van der Waals surface area contributed by atoms with Gasteiger partial charge in [-0.3, -0.25) is 0 Å². The lowest BCUT2D eigenvalue weighted by Gasteiger charge is -2.25. The molecule has 1 nitrogen and oxygen atoms in total. The van der Waals surface area contributed by atoms with Crippen molar-refractivity contribution >= 4 is 70.6 Å². The van der Waals surface area contributed by atoms with Crippen LogP contribution in [0, 0.1) is 11.3 Å². The molecule has 0 aliphatic carbocycles. The number of hydrogen-bond donors (Lipinski definition) is 0. The zero-order chi connectivity index (χ0) is 21.9. The van der Waals surface area contributed by atoms with E-state index in [0.29, 0.717) is 50.6 Å². The van der Waals surface area contributed by atoms with E-state index < -0.39 is 0 Å². The molecule has 0 bridgehead atoms. The lowest BCUT2D eigenvalue weighted by molar-refractivity contribution is 0.117. The van der Waals surface area contributed by atoms with Crippen LogP contribution < -0.4 is 0 Å². The standard InChI is InChI=1S/C8H12B4.C5H9B3.C4H8B2O/c1-6(2-9)8(5-12)7(3-10)4-11;1-5(2-6,3-7)4-8;1-4(2-5)7-3-6/h6H,2-5H2,1H3;2-4H2,1H3;4H,2-3H2,1H3. The van der Waals surface area contributed by atoms with Crippen molar-refractivity contribution in [1.82, 2.24) is 0 Å². The van der Waals surface area contributed by atoms with Gasteiger partial charge in [-0.1, -0.05) is 81.0 Å². The van der Waals surface area contributed by atoms with Crippen LogP contribution in [0.1, 0.15) is 20.8 Å². The molecule has 0 aliphatic heterocycles. The van der Waals surface area contributed by atoms with Gasteiger partial charge in [0.1, 0.15) is 7.85 Å². The Balaban J connectivity index is -0.000000336. The van der Waals surface area contributed by atoms with Crippen molar-refractivity contribution in [2.75, 3.05) is 6.51 Å². The topological polar surface area (TPSA) is 9.23 Å². The van der Waals surface area contributed by atoms with Gasteiger partial charge in [0.05, 0.1) is 62.8 Å². The van der Waals surface area contributed by atoms with E-state index in [9.17, 15) is 0 Å². The maximum atomic E-state index is 5.58. The zero-order valence-electron chi connectivity index (χ0n) is 17.6. The average Bonchev–Trinajstić information content (AvgIpc) is 2.71. The molecule has 27 heavy (non-hydrogen) atoms. The summed E-state index contributed by atoms with van der Waals surface area (Å²) in [4.78, 5) is 0. The molecule has 0 N–H and O–H groups in total. The third-order valence-electron chi connectivity index (χ3n) is 4.31. The molecular weight excluding hydrogens is 317 g/mol. The van der Waals surface area contributed by atoms with Gasteiger partial charge in [0, 0.05) is 12.6 Å². The SMILES string of the molecule is [B]CC(C)(C[B])C[B].[B]CC(C[B])=C(C[B])C(C)C[B].[B]COC(C)C[B]. The van der Waals surface area contributed by atoms with Gasteiger partial charge in [0.15, 0.2) is 0 Å². The van der Waals surface area contributed by atoms with Crippen LogP contribution in [0.25, 0.3) is 0 Å². The monoisotopic (exact) mass is 348 g/mol. The Hall–Kier alpha value is 0.284. The van der Waals surface area contributed by atoms with Gasteiger partial charge < -0.3 is 4.74 Å². The normalized spacial score (nSPS) is 12.6. The molecule has 130 valence electrons. The molecule has 0 fully saturated rings. The van der Waals surface area contributed by atoms with Gasteiger partial charge in [-0.05, 0) is 12.8 Å². The maximum Gasteiger partial charge on any atom is 0.104 e. The highest BCUT2D eigenvalue weighted by Crippen LogP contribution is 2.27. The van der Waals surface area contributed by atoms with Crippen LogP contribution in [-0.2, 0) is 4.74 Å². The smallest absolute Gasteiger partial charge is 0.104 e. The second-order valence-corrected chi connectivity index (χ2v) is 6.68. The quantitative estimate of drug-likeness (QED) is 0.411. The third kappa shape index (κ3) is 16.9. The lowest BCUT2D eigenvalue weighted by Crippen LogP contribution is -2.13. The highest BCUT2D eigenvalue weighted by Gasteiger charge is 2.14. The minimum atomic E-state index is -0.0417. The van der Waals surface area contributed by atoms with Gasteiger partial charge in [0.2, 0.25) is 0 Å². The molecule has 0 aromatic carbocycles. The average molecular weight is 347 g/mol. The molecule has 2 atom stereocenters. The zero-order valence-corrected chi connectivity index (χ0v) is 17.6. The molecule has 0 aliphatic rings. The fourth-order valence-electron chi connectivity index (χ4n) is 1.66. The van der Waals surface area contributed by atoms with E-state index in [-0.39, 0.29) is 23.9 Å². The van der Waals surface area contributed by atoms with E-state index in [1.165, 1.54) is 0 Å². The molecule has 2 unspecified atom stereocenters. The van der Waals surface area contributed by atoms with Crippen LogP contribution in [0.3, 0.4) is 0 Å². The Bertz CT molecular complexity index is 335. The molecule has 18 radical (unpaired) electrons. The van der Waals surface area contributed by atoms with Crippen molar-refractivity contribution in [3.05, 3.63) is 11.1 Å². The van der Waals surface area contributed by atoms with Gasteiger partial charge in [-0.15, -0.1) is 0 Å². The number of allylic oxidation sites excluding steroid dienone is 2. The number of ether oxygens (including phenoxy) is 1. The molecule has 0 spiro atoms. The maximum absolute atomic E-state index is 5.58. The van der Waals surface area contributed by atoms with E-state index in [1.54, 1.807) is 0 Å². The van der Waals surface area contributed by atoms with Gasteiger partial charge in [0.25, 0.3) is 0 Å². The summed E-state index contributed by atoms with van der Waals surface area (Å²) >= 11 is 0. The molecule has 0 aromatic rings. The second-order valence-electron chi connectivity index (χ2n) is 6.68. The molecule has 0 aromatic heterocycles. The Labute approximate surface area is 181 Å². The van der Waals surface area contributed by atoms with Crippen molar-refractivity contribution < 1.29 is 4.74 Å². The van der Waals surface area contributed by atoms with Crippen LogP contribution in [0.5, 0.6) is 0 Å². The van der Waals surface area contributed by atoms with Gasteiger partial charge >= 0.3 is 0 Å². The Kier molecular flexibility index (Phi) is 24.9. The molecular formula is C17H29B9O. The second kappa shape index (κ2) is 21.0. The Morgan fingerprint density at radius 1 is 0.741 bits per heavy atom. The minimum absolute atomic E-state index is 0.0417. The lowest BCUT2D eigenvalue weighted by atomic mass is 9.63. The highest BCUT2D eigenvalue weighted by molar-refractivity contribution is 6.16. The summed E-state index contributed by atoms with van der Waals surface area (Å²) < 4.78 is 4.84. The largest absolute Gasteiger partial charge is 0.389 e. The van der Waals surface area contributed by atoms with Crippen LogP contribution in [0.2, 0.25) is 50.6 Å². The molecule has 10 heteroatoms. The number of hydrogen-bond acceptors (Lipinski definition) is 1. The van der Waals surface area contributed by atoms with Crippen molar-refractivity contribution in [3.8, 4) is 0 Å². The first kappa shape index (κ1) is 32.0. The predicted molar refractivity (Wildman–Crippen MR) is 130 cm³/mol.